The molecule has 3 atom stereocenters. The van der Waals surface area contributed by atoms with E-state index in [4.69, 9.17) is 0 Å². The van der Waals surface area contributed by atoms with E-state index in [1.165, 1.54) is 37.1 Å². The molecule has 0 unspecified atom stereocenters. The number of carbonyl (C=O) groups is 1. The zero-order chi connectivity index (χ0) is 17.3. The van der Waals surface area contributed by atoms with Gasteiger partial charge in [0.25, 0.3) is 0 Å². The molecule has 0 spiro atoms. The lowest BCUT2D eigenvalue weighted by molar-refractivity contribution is 0.0592. The number of nitrogens with one attached hydrogen (secondary N) is 2. The minimum Gasteiger partial charge on any atom is -0.384 e. The van der Waals surface area contributed by atoms with E-state index in [9.17, 15) is 14.3 Å². The maximum absolute atomic E-state index is 13.0. The van der Waals surface area contributed by atoms with Gasteiger partial charge in [-0.05, 0) is 50.8 Å². The first-order chi connectivity index (χ1) is 11.3. The normalized spacial score (nSPS) is 26.8. The Balaban J connectivity index is 1.47. The minimum absolute atomic E-state index is 0.0685. The fourth-order valence-electron chi connectivity index (χ4n) is 3.48. The number of amides is 2. The van der Waals surface area contributed by atoms with Crippen LogP contribution in [0.5, 0.6) is 0 Å². The molecule has 0 bridgehead atoms. The highest BCUT2D eigenvalue weighted by molar-refractivity contribution is 5.74. The van der Waals surface area contributed by atoms with Crippen molar-refractivity contribution in [1.82, 2.24) is 15.5 Å². The molecule has 1 heterocycles. The van der Waals surface area contributed by atoms with Gasteiger partial charge in [-0.15, -0.1) is 0 Å². The second kappa shape index (κ2) is 6.69. The van der Waals surface area contributed by atoms with Crippen LogP contribution in [0.2, 0.25) is 0 Å². The van der Waals surface area contributed by atoms with Crippen LogP contribution in [0, 0.1) is 5.82 Å². The summed E-state index contributed by atoms with van der Waals surface area (Å²) in [7, 11) is 0. The molecule has 2 aliphatic rings. The molecule has 0 aromatic heterocycles. The van der Waals surface area contributed by atoms with Crippen molar-refractivity contribution < 1.29 is 14.3 Å². The lowest BCUT2D eigenvalue weighted by Crippen LogP contribution is -2.47. The van der Waals surface area contributed by atoms with Crippen LogP contribution >= 0.6 is 0 Å². The SMILES string of the molecule is C[C@@H]1C[C@H](NC(=O)NC[C@@](C)(O)c2ccc(F)cc2)CN1C1CC1. The Labute approximate surface area is 142 Å². The lowest BCUT2D eigenvalue weighted by atomic mass is 9.96. The number of benzene rings is 1. The Bertz CT molecular complexity index is 586. The largest absolute Gasteiger partial charge is 0.384 e. The van der Waals surface area contributed by atoms with Gasteiger partial charge in [0.15, 0.2) is 0 Å². The van der Waals surface area contributed by atoms with Crippen LogP contribution < -0.4 is 10.6 Å². The quantitative estimate of drug-likeness (QED) is 0.771. The second-order valence-electron chi connectivity index (χ2n) is 7.32. The molecule has 0 radical (unpaired) electrons. The summed E-state index contributed by atoms with van der Waals surface area (Å²) < 4.78 is 13.0. The molecule has 3 rings (SSSR count). The molecule has 1 aromatic carbocycles. The monoisotopic (exact) mass is 335 g/mol. The minimum atomic E-state index is -1.24. The number of urea groups is 1. The number of hydrogen-bond donors (Lipinski definition) is 3. The third-order valence-electron chi connectivity index (χ3n) is 5.03. The first kappa shape index (κ1) is 17.2. The molecule has 1 saturated carbocycles. The fourth-order valence-corrected chi connectivity index (χ4v) is 3.48. The standard InChI is InChI=1S/C18H26FN3O2/c1-12-9-15(10-22(12)16-7-8-16)21-17(23)20-11-18(2,24)13-3-5-14(19)6-4-13/h3-6,12,15-16,24H,7-11H2,1-2H3,(H2,20,21,23)/t12-,15+,18-/m1/s1. The Morgan fingerprint density at radius 1 is 1.38 bits per heavy atom. The third-order valence-corrected chi connectivity index (χ3v) is 5.03. The number of aliphatic hydroxyl groups is 1. The molecular weight excluding hydrogens is 309 g/mol. The fraction of sp³-hybridized carbons (Fsp3) is 0.611. The molecule has 2 fully saturated rings. The molecule has 6 heteroatoms. The van der Waals surface area contributed by atoms with E-state index in [-0.39, 0.29) is 24.4 Å². The smallest absolute Gasteiger partial charge is 0.315 e. The number of halogens is 1. The van der Waals surface area contributed by atoms with Crippen LogP contribution in [0.4, 0.5) is 9.18 Å². The first-order valence-electron chi connectivity index (χ1n) is 8.64. The van der Waals surface area contributed by atoms with E-state index < -0.39 is 5.60 Å². The maximum atomic E-state index is 13.0. The van der Waals surface area contributed by atoms with Gasteiger partial charge in [0, 0.05) is 24.7 Å². The van der Waals surface area contributed by atoms with E-state index in [1.807, 2.05) is 0 Å². The molecule has 1 aliphatic heterocycles. The summed E-state index contributed by atoms with van der Waals surface area (Å²) in [5.41, 5.74) is -0.674. The topological polar surface area (TPSA) is 64.6 Å². The molecule has 1 aromatic rings. The zero-order valence-corrected chi connectivity index (χ0v) is 14.3. The van der Waals surface area contributed by atoms with Gasteiger partial charge in [0.05, 0.1) is 6.54 Å². The maximum Gasteiger partial charge on any atom is 0.315 e. The Morgan fingerprint density at radius 2 is 2.04 bits per heavy atom. The number of nitrogens with zero attached hydrogens (tertiary/aromatic N) is 1. The van der Waals surface area contributed by atoms with Gasteiger partial charge in [0.1, 0.15) is 11.4 Å². The zero-order valence-electron chi connectivity index (χ0n) is 14.3. The van der Waals surface area contributed by atoms with Crippen LogP contribution in [0.25, 0.3) is 0 Å². The highest BCUT2D eigenvalue weighted by Crippen LogP contribution is 2.33. The lowest BCUT2D eigenvalue weighted by Gasteiger charge is -2.25. The summed E-state index contributed by atoms with van der Waals surface area (Å²) in [5, 5.41) is 16.2. The van der Waals surface area contributed by atoms with E-state index in [0.29, 0.717) is 17.6 Å². The van der Waals surface area contributed by atoms with Crippen LogP contribution in [0.15, 0.2) is 24.3 Å². The molecule has 3 N–H and O–H groups in total. The average molecular weight is 335 g/mol. The van der Waals surface area contributed by atoms with Gasteiger partial charge in [-0.2, -0.15) is 0 Å². The third kappa shape index (κ3) is 4.05. The summed E-state index contributed by atoms with van der Waals surface area (Å²) in [6.07, 6.45) is 3.49. The number of carbonyl (C=O) groups excluding carboxylic acids is 1. The van der Waals surface area contributed by atoms with E-state index in [1.54, 1.807) is 6.92 Å². The van der Waals surface area contributed by atoms with Crippen molar-refractivity contribution in [2.45, 2.75) is 56.8 Å². The van der Waals surface area contributed by atoms with Crippen molar-refractivity contribution in [3.63, 3.8) is 0 Å². The first-order valence-corrected chi connectivity index (χ1v) is 8.64. The van der Waals surface area contributed by atoms with Crippen LogP contribution in [0.1, 0.15) is 38.7 Å². The number of hydrogen-bond acceptors (Lipinski definition) is 3. The second-order valence-corrected chi connectivity index (χ2v) is 7.32. The van der Waals surface area contributed by atoms with Crippen molar-refractivity contribution >= 4 is 6.03 Å². The van der Waals surface area contributed by atoms with Gasteiger partial charge in [-0.25, -0.2) is 9.18 Å². The molecular formula is C18H26FN3O2. The van der Waals surface area contributed by atoms with E-state index >= 15 is 0 Å². The van der Waals surface area contributed by atoms with Gasteiger partial charge in [-0.1, -0.05) is 12.1 Å². The van der Waals surface area contributed by atoms with Gasteiger partial charge >= 0.3 is 6.03 Å². The van der Waals surface area contributed by atoms with Crippen molar-refractivity contribution in [2.75, 3.05) is 13.1 Å². The summed E-state index contributed by atoms with van der Waals surface area (Å²) >= 11 is 0. The van der Waals surface area contributed by atoms with Crippen molar-refractivity contribution in [3.05, 3.63) is 35.6 Å². The number of rotatable bonds is 5. The van der Waals surface area contributed by atoms with Crippen molar-refractivity contribution in [3.8, 4) is 0 Å². The predicted octanol–water partition coefficient (Wildman–Crippen LogP) is 1.96. The molecule has 1 saturated heterocycles. The summed E-state index contributed by atoms with van der Waals surface area (Å²) in [5.74, 6) is -0.351. The van der Waals surface area contributed by atoms with E-state index in [0.717, 1.165) is 13.0 Å². The highest BCUT2D eigenvalue weighted by atomic mass is 19.1. The van der Waals surface area contributed by atoms with Crippen LogP contribution in [-0.4, -0.2) is 47.3 Å². The van der Waals surface area contributed by atoms with E-state index in [2.05, 4.69) is 22.5 Å². The van der Waals surface area contributed by atoms with Gasteiger partial charge in [0.2, 0.25) is 0 Å². The molecule has 24 heavy (non-hydrogen) atoms. The summed E-state index contributed by atoms with van der Waals surface area (Å²) in [4.78, 5) is 14.6. The van der Waals surface area contributed by atoms with Gasteiger partial charge < -0.3 is 15.7 Å². The van der Waals surface area contributed by atoms with Crippen molar-refractivity contribution in [2.24, 2.45) is 0 Å². The average Bonchev–Trinajstić information content (AvgIpc) is 3.30. The Kier molecular flexibility index (Phi) is 4.78. The number of likely N-dealkylation sites (tertiary alicyclic amines) is 1. The molecule has 132 valence electrons. The highest BCUT2D eigenvalue weighted by Gasteiger charge is 2.39. The van der Waals surface area contributed by atoms with Crippen LogP contribution in [0.3, 0.4) is 0 Å². The van der Waals surface area contributed by atoms with Gasteiger partial charge in [-0.3, -0.25) is 4.90 Å². The molecule has 5 nitrogen and oxygen atoms in total. The Morgan fingerprint density at radius 3 is 2.67 bits per heavy atom. The Hall–Kier alpha value is -1.66. The predicted molar refractivity (Wildman–Crippen MR) is 90.1 cm³/mol. The molecule has 1 aliphatic carbocycles. The molecule has 2 amide bonds. The summed E-state index contributed by atoms with van der Waals surface area (Å²) in [6, 6.07) is 6.75. The van der Waals surface area contributed by atoms with Crippen molar-refractivity contribution in [1.29, 1.82) is 0 Å². The van der Waals surface area contributed by atoms with Crippen LogP contribution in [-0.2, 0) is 5.60 Å². The summed E-state index contributed by atoms with van der Waals surface area (Å²) in [6.45, 7) is 4.77.